The van der Waals surface area contributed by atoms with Crippen molar-refractivity contribution in [1.82, 2.24) is 15.0 Å². The average Bonchev–Trinajstić information content (AvgIpc) is 3.02. The number of hydrogen-bond acceptors (Lipinski definition) is 5. The van der Waals surface area contributed by atoms with Gasteiger partial charge >= 0.3 is 0 Å². The molecule has 0 radical (unpaired) electrons. The molecule has 0 bridgehead atoms. The molecule has 1 aromatic heterocycles. The highest BCUT2D eigenvalue weighted by Crippen LogP contribution is 2.34. The lowest BCUT2D eigenvalue weighted by Gasteiger charge is -2.40. The Labute approximate surface area is 131 Å². The molecule has 0 atom stereocenters. The Kier molecular flexibility index (Phi) is 5.56. The molecule has 1 saturated heterocycles. The Balaban J connectivity index is 1.81. The summed E-state index contributed by atoms with van der Waals surface area (Å²) in [6, 6.07) is 0. The summed E-state index contributed by atoms with van der Waals surface area (Å²) >= 11 is 0. The number of carbonyl (C=O) groups excluding carboxylic acids is 1. The summed E-state index contributed by atoms with van der Waals surface area (Å²) in [6.45, 7) is 7.80. The van der Waals surface area contributed by atoms with Crippen LogP contribution < -0.4 is 0 Å². The lowest BCUT2D eigenvalue weighted by molar-refractivity contribution is -0.134. The van der Waals surface area contributed by atoms with Crippen LogP contribution in [0.4, 0.5) is 0 Å². The number of hydrogen-bond donors (Lipinski definition) is 1. The third-order valence-corrected chi connectivity index (χ3v) is 4.82. The van der Waals surface area contributed by atoms with Crippen LogP contribution >= 0.6 is 0 Å². The van der Waals surface area contributed by atoms with E-state index in [2.05, 4.69) is 17.1 Å². The van der Waals surface area contributed by atoms with Gasteiger partial charge in [0.15, 0.2) is 5.82 Å². The second kappa shape index (κ2) is 7.22. The number of amides is 1. The summed E-state index contributed by atoms with van der Waals surface area (Å²) in [5, 5.41) is 13.4. The van der Waals surface area contributed by atoms with Crippen LogP contribution in [0.1, 0.15) is 64.1 Å². The van der Waals surface area contributed by atoms with E-state index in [1.807, 2.05) is 18.7 Å². The van der Waals surface area contributed by atoms with Crippen LogP contribution in [0.5, 0.6) is 0 Å². The number of aryl methyl sites for hydroxylation is 1. The molecule has 22 heavy (non-hydrogen) atoms. The van der Waals surface area contributed by atoms with E-state index in [1.54, 1.807) is 0 Å². The predicted molar refractivity (Wildman–Crippen MR) is 82.3 cm³/mol. The van der Waals surface area contributed by atoms with Crippen LogP contribution in [0, 0.1) is 5.41 Å². The molecule has 2 heterocycles. The van der Waals surface area contributed by atoms with Crippen LogP contribution in [0.25, 0.3) is 0 Å². The van der Waals surface area contributed by atoms with Crippen molar-refractivity contribution in [3.63, 3.8) is 0 Å². The molecule has 124 valence electrons. The molecule has 0 spiro atoms. The van der Waals surface area contributed by atoms with Gasteiger partial charge in [-0.3, -0.25) is 4.79 Å². The van der Waals surface area contributed by atoms with E-state index < -0.39 is 0 Å². The first-order valence-corrected chi connectivity index (χ1v) is 8.21. The first-order chi connectivity index (χ1) is 10.5. The van der Waals surface area contributed by atoms with Gasteiger partial charge in [0.05, 0.1) is 0 Å². The van der Waals surface area contributed by atoms with Crippen LogP contribution in [-0.2, 0) is 11.2 Å². The highest BCUT2D eigenvalue weighted by molar-refractivity contribution is 5.76. The van der Waals surface area contributed by atoms with Crippen LogP contribution in [0.3, 0.4) is 0 Å². The zero-order valence-electron chi connectivity index (χ0n) is 13.8. The number of nitrogens with zero attached hydrogens (tertiary/aromatic N) is 3. The largest absolute Gasteiger partial charge is 0.396 e. The van der Waals surface area contributed by atoms with Gasteiger partial charge in [-0.1, -0.05) is 25.9 Å². The zero-order valence-corrected chi connectivity index (χ0v) is 13.8. The van der Waals surface area contributed by atoms with Crippen molar-refractivity contribution in [1.29, 1.82) is 0 Å². The first kappa shape index (κ1) is 16.9. The zero-order chi connectivity index (χ0) is 16.2. The maximum absolute atomic E-state index is 12.3. The molecule has 6 nitrogen and oxygen atoms in total. The Morgan fingerprint density at radius 3 is 2.59 bits per heavy atom. The second-order valence-electron chi connectivity index (χ2n) is 6.59. The molecule has 1 N–H and O–H groups in total. The first-order valence-electron chi connectivity index (χ1n) is 8.21. The van der Waals surface area contributed by atoms with Crippen molar-refractivity contribution < 1.29 is 14.4 Å². The summed E-state index contributed by atoms with van der Waals surface area (Å²) in [5.41, 5.74) is 0.00936. The van der Waals surface area contributed by atoms with Gasteiger partial charge in [0, 0.05) is 38.5 Å². The highest BCUT2D eigenvalue weighted by Gasteiger charge is 2.33. The van der Waals surface area contributed by atoms with Gasteiger partial charge in [-0.25, -0.2) is 0 Å². The number of aromatic nitrogens is 2. The van der Waals surface area contributed by atoms with Crippen molar-refractivity contribution in [2.45, 2.75) is 58.8 Å². The van der Waals surface area contributed by atoms with Gasteiger partial charge < -0.3 is 14.5 Å². The normalized spacial score (nSPS) is 18.0. The summed E-state index contributed by atoms with van der Waals surface area (Å²) in [7, 11) is 0. The fourth-order valence-electron chi connectivity index (χ4n) is 2.83. The monoisotopic (exact) mass is 309 g/mol. The van der Waals surface area contributed by atoms with Gasteiger partial charge in [-0.2, -0.15) is 4.98 Å². The van der Waals surface area contributed by atoms with Gasteiger partial charge in [-0.15, -0.1) is 0 Å². The van der Waals surface area contributed by atoms with Crippen molar-refractivity contribution in [2.24, 2.45) is 5.41 Å². The molecular formula is C16H27N3O3. The van der Waals surface area contributed by atoms with E-state index in [4.69, 9.17) is 4.52 Å². The summed E-state index contributed by atoms with van der Waals surface area (Å²) < 4.78 is 5.17. The molecule has 2 rings (SSSR count). The van der Waals surface area contributed by atoms with Crippen molar-refractivity contribution in [3.05, 3.63) is 11.7 Å². The molecule has 6 heteroatoms. The van der Waals surface area contributed by atoms with Crippen molar-refractivity contribution >= 4 is 5.91 Å². The van der Waals surface area contributed by atoms with Crippen molar-refractivity contribution in [3.8, 4) is 0 Å². The maximum Gasteiger partial charge on any atom is 0.227 e. The minimum absolute atomic E-state index is 0.00936. The molecule has 0 aliphatic carbocycles. The molecule has 0 unspecified atom stereocenters. The van der Waals surface area contributed by atoms with Crippen LogP contribution in [-0.4, -0.2) is 45.8 Å². The highest BCUT2D eigenvalue weighted by atomic mass is 16.5. The van der Waals surface area contributed by atoms with Crippen molar-refractivity contribution in [2.75, 3.05) is 19.7 Å². The Hall–Kier alpha value is -1.43. The van der Waals surface area contributed by atoms with Crippen LogP contribution in [0.2, 0.25) is 0 Å². The Bertz CT molecular complexity index is 485. The van der Waals surface area contributed by atoms with Crippen LogP contribution in [0.15, 0.2) is 4.52 Å². The molecule has 0 saturated carbocycles. The van der Waals surface area contributed by atoms with E-state index in [1.165, 1.54) is 0 Å². The lowest BCUT2D eigenvalue weighted by atomic mass is 9.77. The fourth-order valence-corrected chi connectivity index (χ4v) is 2.83. The standard InChI is InChI=1S/C16H27N3O3/c1-4-16(11-20)7-9-19(10-8-16)14(21)6-5-13-17-15(12(2)3)18-22-13/h12,20H,4-11H2,1-3H3. The molecule has 1 amide bonds. The van der Waals surface area contributed by atoms with E-state index in [9.17, 15) is 9.90 Å². The molecule has 1 aliphatic rings. The number of piperidine rings is 1. The third kappa shape index (κ3) is 3.85. The average molecular weight is 309 g/mol. The predicted octanol–water partition coefficient (Wildman–Crippen LogP) is 2.14. The number of aliphatic hydroxyl groups excluding tert-OH is 1. The topological polar surface area (TPSA) is 79.5 Å². The summed E-state index contributed by atoms with van der Waals surface area (Å²) in [4.78, 5) is 18.5. The maximum atomic E-state index is 12.3. The van der Waals surface area contributed by atoms with Gasteiger partial charge in [0.25, 0.3) is 0 Å². The second-order valence-corrected chi connectivity index (χ2v) is 6.59. The van der Waals surface area contributed by atoms with E-state index >= 15 is 0 Å². The van der Waals surface area contributed by atoms with Gasteiger partial charge in [0.1, 0.15) is 0 Å². The lowest BCUT2D eigenvalue weighted by Crippen LogP contribution is -2.44. The number of carbonyl (C=O) groups is 1. The summed E-state index contributed by atoms with van der Waals surface area (Å²) in [5.74, 6) is 1.59. The SMILES string of the molecule is CCC1(CO)CCN(C(=O)CCc2nc(C(C)C)no2)CC1. The molecular weight excluding hydrogens is 282 g/mol. The quantitative estimate of drug-likeness (QED) is 0.871. The number of aliphatic hydroxyl groups is 1. The number of likely N-dealkylation sites (tertiary alicyclic amines) is 1. The Morgan fingerprint density at radius 1 is 1.41 bits per heavy atom. The molecule has 0 aromatic carbocycles. The molecule has 1 aliphatic heterocycles. The minimum atomic E-state index is 0.00936. The van der Waals surface area contributed by atoms with E-state index in [-0.39, 0.29) is 23.8 Å². The smallest absolute Gasteiger partial charge is 0.227 e. The minimum Gasteiger partial charge on any atom is -0.396 e. The molecule has 1 fully saturated rings. The molecule has 1 aromatic rings. The van der Waals surface area contributed by atoms with E-state index in [0.29, 0.717) is 24.6 Å². The van der Waals surface area contributed by atoms with Gasteiger partial charge in [0.2, 0.25) is 11.8 Å². The number of rotatable bonds is 6. The third-order valence-electron chi connectivity index (χ3n) is 4.82. The Morgan fingerprint density at radius 2 is 2.09 bits per heavy atom. The van der Waals surface area contributed by atoms with Gasteiger partial charge in [-0.05, 0) is 24.7 Å². The summed E-state index contributed by atoms with van der Waals surface area (Å²) in [6.07, 6.45) is 3.62. The van der Waals surface area contributed by atoms with E-state index in [0.717, 1.165) is 32.4 Å². The fraction of sp³-hybridized carbons (Fsp3) is 0.812.